The summed E-state index contributed by atoms with van der Waals surface area (Å²) < 4.78 is 43.5. The fraction of sp³-hybridized carbons (Fsp3) is 0.478. The molecule has 9 heteroatoms. The van der Waals surface area contributed by atoms with E-state index in [2.05, 4.69) is 0 Å². The van der Waals surface area contributed by atoms with Crippen molar-refractivity contribution < 1.29 is 42.8 Å². The van der Waals surface area contributed by atoms with Crippen LogP contribution < -0.4 is 4.74 Å². The number of benzene rings is 1. The minimum absolute atomic E-state index is 0.00333. The number of aliphatic carboxylic acids is 1. The third kappa shape index (κ3) is 8.12. The van der Waals surface area contributed by atoms with Crippen LogP contribution in [0.15, 0.2) is 48.6 Å². The van der Waals surface area contributed by atoms with Crippen LogP contribution in [0.4, 0.5) is 13.2 Å². The molecule has 0 unspecified atom stereocenters. The molecule has 4 atom stereocenters. The van der Waals surface area contributed by atoms with Gasteiger partial charge in [0.05, 0.1) is 11.7 Å². The van der Waals surface area contributed by atoms with Gasteiger partial charge in [-0.05, 0) is 37.5 Å². The van der Waals surface area contributed by atoms with E-state index in [1.165, 1.54) is 24.3 Å². The molecular formula is C23H27F3O6. The molecule has 1 aliphatic carbocycles. The number of Topliss-reactive ketones (excluding diaryl/α,β-unsaturated/α-hetero) is 1. The predicted molar refractivity (Wildman–Crippen MR) is 110 cm³/mol. The molecule has 0 spiro atoms. The highest BCUT2D eigenvalue weighted by Crippen LogP contribution is 2.34. The van der Waals surface area contributed by atoms with E-state index in [1.54, 1.807) is 0 Å². The summed E-state index contributed by atoms with van der Waals surface area (Å²) in [5.41, 5.74) is -0.857. The SMILES string of the molecule is O=C(O)CCCC=CC[C@H]1[C@@H](O)CC(=O)[C@@H]1C=C[C@@H](O)COc1cccc(C(F)(F)F)c1. The molecule has 0 radical (unpaired) electrons. The van der Waals surface area contributed by atoms with Crippen LogP contribution in [0.25, 0.3) is 0 Å². The number of alkyl halides is 3. The van der Waals surface area contributed by atoms with E-state index in [4.69, 9.17) is 9.84 Å². The molecule has 1 aromatic carbocycles. The molecule has 1 aromatic rings. The first-order valence-electron chi connectivity index (χ1n) is 10.3. The van der Waals surface area contributed by atoms with Crippen LogP contribution in [0.3, 0.4) is 0 Å². The van der Waals surface area contributed by atoms with Crippen LogP contribution in [0.1, 0.15) is 37.7 Å². The number of carbonyl (C=O) groups is 2. The highest BCUT2D eigenvalue weighted by atomic mass is 19.4. The summed E-state index contributed by atoms with van der Waals surface area (Å²) >= 11 is 0. The number of halogens is 3. The van der Waals surface area contributed by atoms with Crippen LogP contribution >= 0.6 is 0 Å². The number of carboxylic acids is 1. The first-order valence-corrected chi connectivity index (χ1v) is 10.3. The standard InChI is InChI=1S/C23H27F3O6/c24-23(25,26)15-6-5-7-17(12-15)32-14-16(27)10-11-19-18(20(28)13-21(19)29)8-3-1-2-4-9-22(30)31/h1,3,5-7,10-12,16,18-20,27-28H,2,4,8-9,13-14H2,(H,30,31)/t16-,18-,19-,20+/m1/s1. The summed E-state index contributed by atoms with van der Waals surface area (Å²) in [6.45, 7) is -0.296. The molecule has 3 N–H and O–H groups in total. The number of ether oxygens (including phenoxy) is 1. The summed E-state index contributed by atoms with van der Waals surface area (Å²) in [6, 6.07) is 4.31. The van der Waals surface area contributed by atoms with Gasteiger partial charge in [0, 0.05) is 24.7 Å². The summed E-state index contributed by atoms with van der Waals surface area (Å²) in [7, 11) is 0. The lowest BCUT2D eigenvalue weighted by Gasteiger charge is -2.17. The molecule has 0 aromatic heterocycles. The zero-order chi connectivity index (χ0) is 23.7. The molecule has 0 heterocycles. The number of allylic oxidation sites excluding steroid dienone is 3. The Morgan fingerprint density at radius 1 is 1.28 bits per heavy atom. The fourth-order valence-electron chi connectivity index (χ4n) is 3.52. The zero-order valence-corrected chi connectivity index (χ0v) is 17.4. The van der Waals surface area contributed by atoms with E-state index in [-0.39, 0.29) is 36.9 Å². The third-order valence-electron chi connectivity index (χ3n) is 5.20. The Balaban J connectivity index is 1.88. The van der Waals surface area contributed by atoms with E-state index in [0.29, 0.717) is 19.3 Å². The number of aliphatic hydroxyl groups is 2. The first kappa shape index (κ1) is 25.6. The Hall–Kier alpha value is -2.65. The van der Waals surface area contributed by atoms with Crippen molar-refractivity contribution >= 4 is 11.8 Å². The van der Waals surface area contributed by atoms with E-state index >= 15 is 0 Å². The van der Waals surface area contributed by atoms with Crippen LogP contribution in [0.5, 0.6) is 5.75 Å². The number of rotatable bonds is 11. The van der Waals surface area contributed by atoms with Gasteiger partial charge in [0.15, 0.2) is 0 Å². The Bertz CT molecular complexity index is 833. The van der Waals surface area contributed by atoms with Gasteiger partial charge in [0.2, 0.25) is 0 Å². The van der Waals surface area contributed by atoms with Gasteiger partial charge in [-0.3, -0.25) is 9.59 Å². The molecule has 0 saturated heterocycles. The third-order valence-corrected chi connectivity index (χ3v) is 5.20. The Kier molecular flexibility index (Phi) is 9.46. The van der Waals surface area contributed by atoms with E-state index in [9.17, 15) is 33.0 Å². The second kappa shape index (κ2) is 11.8. The number of unbranched alkanes of at least 4 members (excludes halogenated alkanes) is 1. The molecule has 1 fully saturated rings. The summed E-state index contributed by atoms with van der Waals surface area (Å²) in [4.78, 5) is 22.7. The molecular weight excluding hydrogens is 429 g/mol. The van der Waals surface area contributed by atoms with Crippen LogP contribution in [0, 0.1) is 11.8 Å². The van der Waals surface area contributed by atoms with Crippen molar-refractivity contribution in [2.75, 3.05) is 6.61 Å². The van der Waals surface area contributed by atoms with Gasteiger partial charge >= 0.3 is 12.1 Å². The van der Waals surface area contributed by atoms with Crippen molar-refractivity contribution in [3.05, 3.63) is 54.1 Å². The van der Waals surface area contributed by atoms with Crippen molar-refractivity contribution in [2.45, 2.75) is 50.5 Å². The molecule has 0 aliphatic heterocycles. The van der Waals surface area contributed by atoms with E-state index in [1.807, 2.05) is 12.2 Å². The van der Waals surface area contributed by atoms with E-state index in [0.717, 1.165) is 12.1 Å². The average Bonchev–Trinajstić information content (AvgIpc) is 2.99. The molecule has 1 aliphatic rings. The summed E-state index contributed by atoms with van der Waals surface area (Å²) in [5, 5.41) is 28.9. The number of carboxylic acid groups (broad SMARTS) is 1. The molecule has 6 nitrogen and oxygen atoms in total. The van der Waals surface area contributed by atoms with Gasteiger partial charge < -0.3 is 20.1 Å². The molecule has 1 saturated carbocycles. The Morgan fingerprint density at radius 2 is 2.03 bits per heavy atom. The van der Waals surface area contributed by atoms with Crippen molar-refractivity contribution in [3.8, 4) is 5.75 Å². The monoisotopic (exact) mass is 456 g/mol. The Morgan fingerprint density at radius 3 is 2.72 bits per heavy atom. The maximum Gasteiger partial charge on any atom is 0.416 e. The predicted octanol–water partition coefficient (Wildman–Crippen LogP) is 3.77. The molecule has 0 amide bonds. The van der Waals surface area contributed by atoms with Crippen molar-refractivity contribution in [1.82, 2.24) is 0 Å². The maximum atomic E-state index is 12.7. The quantitative estimate of drug-likeness (QED) is 0.346. The van der Waals surface area contributed by atoms with Crippen LogP contribution in [0.2, 0.25) is 0 Å². The van der Waals surface area contributed by atoms with E-state index < -0.39 is 35.8 Å². The fourth-order valence-corrected chi connectivity index (χ4v) is 3.52. The van der Waals surface area contributed by atoms with Gasteiger partial charge in [-0.1, -0.05) is 30.4 Å². The molecule has 32 heavy (non-hydrogen) atoms. The average molecular weight is 456 g/mol. The van der Waals surface area contributed by atoms with Crippen molar-refractivity contribution in [2.24, 2.45) is 11.8 Å². The van der Waals surface area contributed by atoms with Gasteiger partial charge in [0.25, 0.3) is 0 Å². The highest BCUT2D eigenvalue weighted by molar-refractivity contribution is 5.86. The van der Waals surface area contributed by atoms with Crippen molar-refractivity contribution in [1.29, 1.82) is 0 Å². The maximum absolute atomic E-state index is 12.7. The van der Waals surface area contributed by atoms with Gasteiger partial charge in [-0.15, -0.1) is 0 Å². The number of aliphatic hydroxyl groups excluding tert-OH is 2. The zero-order valence-electron chi connectivity index (χ0n) is 17.4. The highest BCUT2D eigenvalue weighted by Gasteiger charge is 2.39. The largest absolute Gasteiger partial charge is 0.491 e. The normalized spacial score (nSPS) is 22.7. The summed E-state index contributed by atoms with van der Waals surface area (Å²) in [6.07, 6.45) is 1.58. The molecule has 176 valence electrons. The smallest absolute Gasteiger partial charge is 0.416 e. The minimum Gasteiger partial charge on any atom is -0.491 e. The molecule has 2 rings (SSSR count). The number of hydrogen-bond donors (Lipinski definition) is 3. The lowest BCUT2D eigenvalue weighted by Crippen LogP contribution is -2.20. The second-order valence-corrected chi connectivity index (χ2v) is 7.71. The van der Waals surface area contributed by atoms with Crippen molar-refractivity contribution in [3.63, 3.8) is 0 Å². The number of carbonyl (C=O) groups excluding carboxylic acids is 1. The lowest BCUT2D eigenvalue weighted by molar-refractivity contribution is -0.138. The van der Waals surface area contributed by atoms with Gasteiger partial charge in [-0.25, -0.2) is 0 Å². The molecule has 0 bridgehead atoms. The lowest BCUT2D eigenvalue weighted by atomic mass is 9.90. The van der Waals surface area contributed by atoms with Gasteiger partial charge in [0.1, 0.15) is 24.2 Å². The number of ketones is 1. The second-order valence-electron chi connectivity index (χ2n) is 7.71. The van der Waals surface area contributed by atoms with Crippen LogP contribution in [-0.4, -0.2) is 45.9 Å². The minimum atomic E-state index is -4.50. The first-order chi connectivity index (χ1) is 15.1. The topological polar surface area (TPSA) is 104 Å². The van der Waals surface area contributed by atoms with Crippen LogP contribution in [-0.2, 0) is 15.8 Å². The Labute approximate surface area is 184 Å². The van der Waals surface area contributed by atoms with Gasteiger partial charge in [-0.2, -0.15) is 13.2 Å². The number of hydrogen-bond acceptors (Lipinski definition) is 5. The summed E-state index contributed by atoms with van der Waals surface area (Å²) in [5.74, 6) is -2.03.